The lowest BCUT2D eigenvalue weighted by atomic mass is 9.96. The van der Waals surface area contributed by atoms with Crippen LogP contribution in [0.3, 0.4) is 0 Å². The third-order valence-corrected chi connectivity index (χ3v) is 8.48. The molecule has 4 rings (SSSR count). The van der Waals surface area contributed by atoms with E-state index in [4.69, 9.17) is 23.7 Å². The first-order chi connectivity index (χ1) is 23.0. The lowest BCUT2D eigenvalue weighted by Gasteiger charge is -2.16. The van der Waals surface area contributed by atoms with Crippen LogP contribution in [0.15, 0.2) is 60.1 Å². The van der Waals surface area contributed by atoms with Crippen LogP contribution in [0.5, 0.6) is 17.2 Å². The van der Waals surface area contributed by atoms with Crippen LogP contribution < -0.4 is 14.2 Å². The van der Waals surface area contributed by atoms with Crippen molar-refractivity contribution in [2.75, 3.05) is 33.0 Å². The molecule has 0 amide bonds. The number of nitrogens with zero attached hydrogens (tertiary/aromatic N) is 1. The van der Waals surface area contributed by atoms with E-state index >= 15 is 0 Å². The summed E-state index contributed by atoms with van der Waals surface area (Å²) in [7, 11) is 0. The quantitative estimate of drug-likeness (QED) is 0.0647. The van der Waals surface area contributed by atoms with Crippen molar-refractivity contribution in [2.45, 2.75) is 78.6 Å². The average Bonchev–Trinajstić information content (AvgIpc) is 3.54. The van der Waals surface area contributed by atoms with Gasteiger partial charge in [0.1, 0.15) is 17.2 Å². The van der Waals surface area contributed by atoms with Gasteiger partial charge in [0.2, 0.25) is 0 Å². The maximum absolute atomic E-state index is 12.1. The summed E-state index contributed by atoms with van der Waals surface area (Å²) in [5.74, 6) is 1.93. The van der Waals surface area contributed by atoms with Crippen LogP contribution in [-0.2, 0) is 31.9 Å². The van der Waals surface area contributed by atoms with Crippen molar-refractivity contribution in [1.29, 1.82) is 0 Å². The molecule has 8 nitrogen and oxygen atoms in total. The molecule has 1 heterocycles. The van der Waals surface area contributed by atoms with E-state index in [0.29, 0.717) is 58.7 Å². The van der Waals surface area contributed by atoms with E-state index in [1.165, 1.54) is 10.3 Å². The van der Waals surface area contributed by atoms with Gasteiger partial charge < -0.3 is 23.7 Å². The molecule has 0 fully saturated rings. The van der Waals surface area contributed by atoms with Crippen LogP contribution in [0.25, 0.3) is 21.3 Å². The van der Waals surface area contributed by atoms with E-state index in [0.717, 1.165) is 71.6 Å². The highest BCUT2D eigenvalue weighted by molar-refractivity contribution is 7.16. The van der Waals surface area contributed by atoms with Gasteiger partial charge in [0, 0.05) is 18.9 Å². The molecule has 0 spiro atoms. The zero-order chi connectivity index (χ0) is 33.3. The van der Waals surface area contributed by atoms with Crippen LogP contribution in [-0.4, -0.2) is 50.0 Å². The molecule has 0 aliphatic rings. The SMILES string of the molecule is CCOC(=O)CCCOc1cccc(CCCCCCOc2cc(OCC)cc(-c3ccc4scnc4c3)c2)c1CCC(=O)OCC. The van der Waals surface area contributed by atoms with Gasteiger partial charge in [-0.15, -0.1) is 11.3 Å². The van der Waals surface area contributed by atoms with E-state index in [9.17, 15) is 9.59 Å². The van der Waals surface area contributed by atoms with Crippen LogP contribution in [0.1, 0.15) is 76.8 Å². The summed E-state index contributed by atoms with van der Waals surface area (Å²) >= 11 is 1.64. The van der Waals surface area contributed by atoms with Crippen molar-refractivity contribution in [3.05, 3.63) is 71.2 Å². The molecule has 0 aliphatic carbocycles. The molecular weight excluding hydrogens is 614 g/mol. The summed E-state index contributed by atoms with van der Waals surface area (Å²) < 4.78 is 29.5. The fraction of sp³-hybridized carbons (Fsp3) is 0.447. The molecule has 0 atom stereocenters. The first kappa shape index (κ1) is 35.7. The first-order valence-electron chi connectivity index (χ1n) is 16.8. The topological polar surface area (TPSA) is 93.2 Å². The fourth-order valence-corrected chi connectivity index (χ4v) is 6.09. The van der Waals surface area contributed by atoms with Gasteiger partial charge >= 0.3 is 11.9 Å². The Balaban J connectivity index is 1.28. The maximum Gasteiger partial charge on any atom is 0.306 e. The standard InChI is InChI=1S/C38H47NO7S/c1-4-42-31-23-30(29-17-19-36-34(25-29)39-27-47-36)24-32(26-31)45-21-10-8-7-9-13-28-14-11-15-35(33(28)18-20-38(41)44-6-3)46-22-12-16-37(40)43-5-2/h11,14-15,17,19,23-27H,4-10,12-13,16,18,20-22H2,1-3H3. The van der Waals surface area contributed by atoms with Crippen LogP contribution in [0.2, 0.25) is 0 Å². The van der Waals surface area contributed by atoms with E-state index < -0.39 is 0 Å². The Morgan fingerprint density at radius 3 is 2.21 bits per heavy atom. The number of unbranched alkanes of at least 4 members (excludes halogenated alkanes) is 3. The molecule has 0 bridgehead atoms. The molecule has 4 aromatic rings. The Morgan fingerprint density at radius 2 is 1.43 bits per heavy atom. The van der Waals surface area contributed by atoms with E-state index in [1.807, 2.05) is 37.6 Å². The number of fused-ring (bicyclic) bond motifs is 1. The molecule has 1 aromatic heterocycles. The molecule has 0 aliphatic heterocycles. The van der Waals surface area contributed by atoms with Gasteiger partial charge in [0.15, 0.2) is 0 Å². The Morgan fingerprint density at radius 1 is 0.681 bits per heavy atom. The Hall–Kier alpha value is -4.11. The summed E-state index contributed by atoms with van der Waals surface area (Å²) in [6, 6.07) is 18.5. The van der Waals surface area contributed by atoms with Crippen molar-refractivity contribution in [3.63, 3.8) is 0 Å². The van der Waals surface area contributed by atoms with E-state index in [1.54, 1.807) is 18.3 Å². The van der Waals surface area contributed by atoms with Gasteiger partial charge in [-0.05, 0) is 105 Å². The predicted octanol–water partition coefficient (Wildman–Crippen LogP) is 8.76. The molecular formula is C38H47NO7S. The first-order valence-corrected chi connectivity index (χ1v) is 17.7. The van der Waals surface area contributed by atoms with Gasteiger partial charge in [-0.2, -0.15) is 0 Å². The Labute approximate surface area is 282 Å². The van der Waals surface area contributed by atoms with Crippen molar-refractivity contribution in [1.82, 2.24) is 4.98 Å². The highest BCUT2D eigenvalue weighted by Crippen LogP contribution is 2.32. The highest BCUT2D eigenvalue weighted by Gasteiger charge is 2.14. The number of aryl methyl sites for hydroxylation is 1. The van der Waals surface area contributed by atoms with Crippen molar-refractivity contribution in [3.8, 4) is 28.4 Å². The molecule has 0 unspecified atom stereocenters. The molecule has 252 valence electrons. The molecule has 0 saturated carbocycles. The monoisotopic (exact) mass is 661 g/mol. The van der Waals surface area contributed by atoms with E-state index in [-0.39, 0.29) is 11.9 Å². The number of carbonyl (C=O) groups is 2. The molecule has 47 heavy (non-hydrogen) atoms. The van der Waals surface area contributed by atoms with Gasteiger partial charge in [0.05, 0.1) is 48.8 Å². The lowest BCUT2D eigenvalue weighted by Crippen LogP contribution is -2.10. The molecule has 0 saturated heterocycles. The number of thiazole rings is 1. The van der Waals surface area contributed by atoms with Crippen molar-refractivity contribution >= 4 is 33.5 Å². The third kappa shape index (κ3) is 11.6. The van der Waals surface area contributed by atoms with Crippen LogP contribution in [0.4, 0.5) is 0 Å². The van der Waals surface area contributed by atoms with Gasteiger partial charge in [-0.25, -0.2) is 4.98 Å². The normalized spacial score (nSPS) is 11.0. The Kier molecular flexibility index (Phi) is 14.8. The number of hydrogen-bond acceptors (Lipinski definition) is 9. The summed E-state index contributed by atoms with van der Waals surface area (Å²) in [5, 5.41) is 0. The predicted molar refractivity (Wildman–Crippen MR) is 187 cm³/mol. The second-order valence-corrected chi connectivity index (χ2v) is 12.0. The number of ether oxygens (including phenoxy) is 5. The van der Waals surface area contributed by atoms with Gasteiger partial charge in [-0.3, -0.25) is 9.59 Å². The number of rotatable bonds is 21. The number of carbonyl (C=O) groups excluding carboxylic acids is 2. The lowest BCUT2D eigenvalue weighted by molar-refractivity contribution is -0.144. The number of esters is 2. The smallest absolute Gasteiger partial charge is 0.306 e. The molecule has 9 heteroatoms. The molecule has 0 radical (unpaired) electrons. The summed E-state index contributed by atoms with van der Waals surface area (Å²) in [6.07, 6.45) is 6.69. The molecule has 3 aromatic carbocycles. The summed E-state index contributed by atoms with van der Waals surface area (Å²) in [4.78, 5) is 28.3. The zero-order valence-electron chi connectivity index (χ0n) is 27.9. The highest BCUT2D eigenvalue weighted by atomic mass is 32.1. The third-order valence-electron chi connectivity index (χ3n) is 7.67. The van der Waals surface area contributed by atoms with Crippen molar-refractivity contribution < 1.29 is 33.3 Å². The minimum absolute atomic E-state index is 0.213. The zero-order valence-corrected chi connectivity index (χ0v) is 28.7. The number of aromatic nitrogens is 1. The van der Waals surface area contributed by atoms with Crippen LogP contribution in [0, 0.1) is 0 Å². The minimum Gasteiger partial charge on any atom is -0.494 e. The number of hydrogen-bond donors (Lipinski definition) is 0. The van der Waals surface area contributed by atoms with Crippen LogP contribution >= 0.6 is 11.3 Å². The average molecular weight is 662 g/mol. The molecule has 0 N–H and O–H groups in total. The second kappa shape index (κ2) is 19.5. The fourth-order valence-electron chi connectivity index (χ4n) is 5.43. The van der Waals surface area contributed by atoms with Crippen molar-refractivity contribution in [2.24, 2.45) is 0 Å². The Bertz CT molecular complexity index is 1570. The summed E-state index contributed by atoms with van der Waals surface area (Å²) in [5.41, 5.74) is 7.22. The van der Waals surface area contributed by atoms with E-state index in [2.05, 4.69) is 41.4 Å². The van der Waals surface area contributed by atoms with Gasteiger partial charge in [-0.1, -0.05) is 31.0 Å². The second-order valence-electron chi connectivity index (χ2n) is 11.1. The van der Waals surface area contributed by atoms with Gasteiger partial charge in [0.25, 0.3) is 0 Å². The minimum atomic E-state index is -0.216. The largest absolute Gasteiger partial charge is 0.494 e. The number of benzene rings is 3. The maximum atomic E-state index is 12.1. The summed E-state index contributed by atoms with van der Waals surface area (Å²) in [6.45, 7) is 7.96.